The molecule has 0 atom stereocenters. The molecule has 0 aliphatic heterocycles. The summed E-state index contributed by atoms with van der Waals surface area (Å²) >= 11 is 1.71. The van der Waals surface area contributed by atoms with Gasteiger partial charge in [0, 0.05) is 44.1 Å². The number of thiazole rings is 1. The third kappa shape index (κ3) is 9.19. The van der Waals surface area contributed by atoms with Crippen molar-refractivity contribution in [2.24, 2.45) is 4.99 Å². The van der Waals surface area contributed by atoms with Crippen molar-refractivity contribution < 1.29 is 9.53 Å². The first-order chi connectivity index (χ1) is 10.2. The van der Waals surface area contributed by atoms with Crippen molar-refractivity contribution in [3.63, 3.8) is 0 Å². The van der Waals surface area contributed by atoms with Crippen LogP contribution in [-0.2, 0) is 16.0 Å². The molecule has 126 valence electrons. The molecule has 0 unspecified atom stereocenters. The Kier molecular flexibility index (Phi) is 12.1. The lowest BCUT2D eigenvalue weighted by atomic mass is 10.3. The zero-order chi connectivity index (χ0) is 15.5. The summed E-state index contributed by atoms with van der Waals surface area (Å²) in [6, 6.07) is 0. The molecule has 0 aliphatic rings. The molecule has 8 heteroatoms. The molecule has 0 fully saturated rings. The third-order valence-electron chi connectivity index (χ3n) is 2.68. The average Bonchev–Trinajstić information content (AvgIpc) is 2.87. The minimum Gasteiger partial charge on any atom is -0.466 e. The van der Waals surface area contributed by atoms with E-state index in [1.54, 1.807) is 18.4 Å². The quantitative estimate of drug-likeness (QED) is 0.213. The van der Waals surface area contributed by atoms with Crippen molar-refractivity contribution >= 4 is 47.2 Å². The molecular formula is C14H25IN4O2S. The fraction of sp³-hybridized carbons (Fsp3) is 0.643. The van der Waals surface area contributed by atoms with E-state index in [1.807, 2.05) is 13.1 Å². The molecule has 0 radical (unpaired) electrons. The molecule has 1 rings (SSSR count). The summed E-state index contributed by atoms with van der Waals surface area (Å²) < 4.78 is 4.87. The molecule has 0 saturated heterocycles. The second-order valence-electron chi connectivity index (χ2n) is 4.45. The van der Waals surface area contributed by atoms with Crippen LogP contribution in [0.1, 0.15) is 29.7 Å². The number of ether oxygens (including phenoxy) is 1. The molecule has 0 saturated carbocycles. The van der Waals surface area contributed by atoms with Crippen LogP contribution in [0.25, 0.3) is 0 Å². The van der Waals surface area contributed by atoms with Crippen LogP contribution >= 0.6 is 35.3 Å². The number of rotatable bonds is 8. The highest BCUT2D eigenvalue weighted by Crippen LogP contribution is 2.10. The second kappa shape index (κ2) is 12.6. The molecule has 1 heterocycles. The smallest absolute Gasteiger partial charge is 0.305 e. The van der Waals surface area contributed by atoms with E-state index in [2.05, 4.69) is 27.5 Å². The van der Waals surface area contributed by atoms with Gasteiger partial charge in [0.25, 0.3) is 0 Å². The van der Waals surface area contributed by atoms with E-state index < -0.39 is 0 Å². The fourth-order valence-corrected chi connectivity index (χ4v) is 2.48. The summed E-state index contributed by atoms with van der Waals surface area (Å²) in [5, 5.41) is 7.53. The number of nitrogens with one attached hydrogen (secondary N) is 2. The zero-order valence-electron chi connectivity index (χ0n) is 13.3. The lowest BCUT2D eigenvalue weighted by Crippen LogP contribution is -2.38. The molecule has 0 amide bonds. The van der Waals surface area contributed by atoms with E-state index >= 15 is 0 Å². The molecule has 0 aromatic carbocycles. The van der Waals surface area contributed by atoms with Gasteiger partial charge in [0.1, 0.15) is 0 Å². The van der Waals surface area contributed by atoms with Crippen LogP contribution in [0, 0.1) is 6.92 Å². The molecule has 22 heavy (non-hydrogen) atoms. The topological polar surface area (TPSA) is 75.6 Å². The Morgan fingerprint density at radius 3 is 2.73 bits per heavy atom. The number of carbonyl (C=O) groups excluding carboxylic acids is 1. The molecular weight excluding hydrogens is 415 g/mol. The SMILES string of the molecule is CCOC(=O)CCCNC(=NC)NCCc1ncc(C)s1.I. The van der Waals surface area contributed by atoms with Crippen molar-refractivity contribution in [1.82, 2.24) is 15.6 Å². The second-order valence-corrected chi connectivity index (χ2v) is 5.77. The van der Waals surface area contributed by atoms with Crippen LogP contribution in [0.15, 0.2) is 11.2 Å². The van der Waals surface area contributed by atoms with Gasteiger partial charge in [0.05, 0.1) is 11.6 Å². The van der Waals surface area contributed by atoms with Crippen LogP contribution < -0.4 is 10.6 Å². The maximum Gasteiger partial charge on any atom is 0.305 e. The number of aromatic nitrogens is 1. The highest BCUT2D eigenvalue weighted by molar-refractivity contribution is 14.0. The number of esters is 1. The molecule has 1 aromatic rings. The van der Waals surface area contributed by atoms with E-state index in [9.17, 15) is 4.79 Å². The monoisotopic (exact) mass is 440 g/mol. The number of guanidine groups is 1. The van der Waals surface area contributed by atoms with E-state index in [0.29, 0.717) is 19.6 Å². The summed E-state index contributed by atoms with van der Waals surface area (Å²) in [6.07, 6.45) is 3.92. The van der Waals surface area contributed by atoms with E-state index in [1.165, 1.54) is 4.88 Å². The number of aliphatic imine (C=N–C) groups is 1. The Morgan fingerprint density at radius 1 is 1.41 bits per heavy atom. The zero-order valence-corrected chi connectivity index (χ0v) is 16.5. The van der Waals surface area contributed by atoms with Gasteiger partial charge < -0.3 is 15.4 Å². The van der Waals surface area contributed by atoms with Crippen molar-refractivity contribution in [1.29, 1.82) is 0 Å². The lowest BCUT2D eigenvalue weighted by Gasteiger charge is -2.11. The number of aryl methyl sites for hydroxylation is 1. The van der Waals surface area contributed by atoms with Gasteiger partial charge in [-0.1, -0.05) is 0 Å². The Hall–Kier alpha value is -0.900. The first kappa shape index (κ1) is 21.1. The van der Waals surface area contributed by atoms with Crippen molar-refractivity contribution in [2.75, 3.05) is 26.7 Å². The van der Waals surface area contributed by atoms with Crippen LogP contribution in [0.5, 0.6) is 0 Å². The van der Waals surface area contributed by atoms with Crippen molar-refractivity contribution in [2.45, 2.75) is 33.1 Å². The molecule has 6 nitrogen and oxygen atoms in total. The summed E-state index contributed by atoms with van der Waals surface area (Å²) in [6.45, 7) is 5.77. The minimum atomic E-state index is -0.151. The molecule has 1 aromatic heterocycles. The van der Waals surface area contributed by atoms with Gasteiger partial charge in [-0.15, -0.1) is 35.3 Å². The predicted molar refractivity (Wildman–Crippen MR) is 101 cm³/mol. The molecule has 0 bridgehead atoms. The maximum atomic E-state index is 11.2. The maximum absolute atomic E-state index is 11.2. The Balaban J connectivity index is 0.00000441. The number of hydrogen-bond donors (Lipinski definition) is 2. The van der Waals surface area contributed by atoms with Gasteiger partial charge >= 0.3 is 5.97 Å². The largest absolute Gasteiger partial charge is 0.466 e. The van der Waals surface area contributed by atoms with E-state index in [0.717, 1.165) is 30.4 Å². The third-order valence-corrected chi connectivity index (χ3v) is 3.65. The number of hydrogen-bond acceptors (Lipinski definition) is 5. The van der Waals surface area contributed by atoms with Crippen LogP contribution in [0.3, 0.4) is 0 Å². The first-order valence-corrected chi connectivity index (χ1v) is 7.98. The van der Waals surface area contributed by atoms with Crippen LogP contribution in [-0.4, -0.2) is 43.7 Å². The van der Waals surface area contributed by atoms with Gasteiger partial charge in [-0.3, -0.25) is 9.79 Å². The normalized spacial score (nSPS) is 10.8. The van der Waals surface area contributed by atoms with Gasteiger partial charge in [-0.25, -0.2) is 4.98 Å². The number of carbonyl (C=O) groups is 1. The summed E-state index contributed by atoms with van der Waals surface area (Å²) in [5.74, 6) is 0.591. The van der Waals surface area contributed by atoms with Crippen molar-refractivity contribution in [3.05, 3.63) is 16.1 Å². The highest BCUT2D eigenvalue weighted by Gasteiger charge is 2.03. The minimum absolute atomic E-state index is 0. The van der Waals surface area contributed by atoms with Gasteiger partial charge in [0.2, 0.25) is 0 Å². The summed E-state index contributed by atoms with van der Waals surface area (Å²) in [4.78, 5) is 20.9. The van der Waals surface area contributed by atoms with E-state index in [4.69, 9.17) is 4.74 Å². The Bertz CT molecular complexity index is 465. The predicted octanol–water partition coefficient (Wildman–Crippen LogP) is 2.12. The lowest BCUT2D eigenvalue weighted by molar-refractivity contribution is -0.143. The van der Waals surface area contributed by atoms with Gasteiger partial charge in [-0.2, -0.15) is 0 Å². The van der Waals surface area contributed by atoms with E-state index in [-0.39, 0.29) is 29.9 Å². The Labute approximate surface area is 153 Å². The Morgan fingerprint density at radius 2 is 2.14 bits per heavy atom. The highest BCUT2D eigenvalue weighted by atomic mass is 127. The summed E-state index contributed by atoms with van der Waals surface area (Å²) in [7, 11) is 1.73. The van der Waals surface area contributed by atoms with Gasteiger partial charge in [0.15, 0.2) is 5.96 Å². The number of nitrogens with zero attached hydrogens (tertiary/aromatic N) is 2. The summed E-state index contributed by atoms with van der Waals surface area (Å²) in [5.41, 5.74) is 0. The standard InChI is InChI=1S/C14H24N4O2S.HI/c1-4-20-13(19)6-5-8-16-14(15-3)17-9-7-12-18-10-11(2)21-12;/h10H,4-9H2,1-3H3,(H2,15,16,17);1H. The molecule has 2 N–H and O–H groups in total. The van der Waals surface area contributed by atoms with Crippen molar-refractivity contribution in [3.8, 4) is 0 Å². The average molecular weight is 440 g/mol. The fourth-order valence-electron chi connectivity index (χ4n) is 1.70. The van der Waals surface area contributed by atoms with Gasteiger partial charge in [-0.05, 0) is 20.3 Å². The molecule has 0 aliphatic carbocycles. The molecule has 0 spiro atoms. The van der Waals surface area contributed by atoms with Crippen LogP contribution in [0.2, 0.25) is 0 Å². The van der Waals surface area contributed by atoms with Crippen LogP contribution in [0.4, 0.5) is 0 Å². The first-order valence-electron chi connectivity index (χ1n) is 7.17. The number of halogens is 1.